The van der Waals surface area contributed by atoms with Gasteiger partial charge >= 0.3 is 0 Å². The van der Waals surface area contributed by atoms with Gasteiger partial charge in [0.1, 0.15) is 0 Å². The highest BCUT2D eigenvalue weighted by Crippen LogP contribution is 2.16. The van der Waals surface area contributed by atoms with Gasteiger partial charge in [-0.15, -0.1) is 0 Å². The quantitative estimate of drug-likeness (QED) is 0.805. The third-order valence-electron chi connectivity index (χ3n) is 2.72. The van der Waals surface area contributed by atoms with E-state index in [1.54, 1.807) is 36.4 Å². The molecule has 0 fully saturated rings. The molecule has 0 unspecified atom stereocenters. The zero-order valence-corrected chi connectivity index (χ0v) is 10.5. The minimum absolute atomic E-state index is 0.262. The summed E-state index contributed by atoms with van der Waals surface area (Å²) in [6.45, 7) is 1.92. The largest absolute Gasteiger partial charge is 0.398 e. The van der Waals surface area contributed by atoms with Crippen molar-refractivity contribution in [3.05, 3.63) is 59.2 Å². The predicted molar refractivity (Wildman–Crippen MR) is 74.7 cm³/mol. The second kappa shape index (κ2) is 5.23. The van der Waals surface area contributed by atoms with Crippen LogP contribution in [0.3, 0.4) is 0 Å². The van der Waals surface area contributed by atoms with Crippen molar-refractivity contribution in [3.63, 3.8) is 0 Å². The van der Waals surface area contributed by atoms with Crippen molar-refractivity contribution in [2.75, 3.05) is 11.1 Å². The second-order valence-corrected chi connectivity index (χ2v) is 4.23. The van der Waals surface area contributed by atoms with E-state index in [4.69, 9.17) is 11.0 Å². The number of nitrogens with one attached hydrogen (secondary N) is 1. The summed E-state index contributed by atoms with van der Waals surface area (Å²) in [5.74, 6) is -0.262. The highest BCUT2D eigenvalue weighted by molar-refractivity contribution is 6.07. The number of hydrogen-bond acceptors (Lipinski definition) is 3. The van der Waals surface area contributed by atoms with Crippen LogP contribution in [0.2, 0.25) is 0 Å². The number of benzene rings is 2. The first-order valence-electron chi connectivity index (χ1n) is 5.78. The van der Waals surface area contributed by atoms with Gasteiger partial charge in [0, 0.05) is 11.4 Å². The van der Waals surface area contributed by atoms with Crippen LogP contribution in [-0.4, -0.2) is 5.91 Å². The normalized spacial score (nSPS) is 9.68. The third-order valence-corrected chi connectivity index (χ3v) is 2.72. The molecular formula is C15H13N3O. The van der Waals surface area contributed by atoms with Crippen LogP contribution in [0.5, 0.6) is 0 Å². The Hall–Kier alpha value is -2.80. The average molecular weight is 251 g/mol. The molecule has 0 saturated heterocycles. The van der Waals surface area contributed by atoms with Gasteiger partial charge in [-0.25, -0.2) is 0 Å². The summed E-state index contributed by atoms with van der Waals surface area (Å²) in [5.41, 5.74) is 8.89. The minimum atomic E-state index is -0.262. The molecule has 4 nitrogen and oxygen atoms in total. The number of nitriles is 1. The van der Waals surface area contributed by atoms with E-state index in [0.29, 0.717) is 22.5 Å². The molecule has 0 atom stereocenters. The minimum Gasteiger partial charge on any atom is -0.398 e. The summed E-state index contributed by atoms with van der Waals surface area (Å²) >= 11 is 0. The van der Waals surface area contributed by atoms with Crippen LogP contribution in [0.1, 0.15) is 21.5 Å². The third kappa shape index (κ3) is 2.90. The number of hydrogen-bond donors (Lipinski definition) is 2. The van der Waals surface area contributed by atoms with E-state index >= 15 is 0 Å². The summed E-state index contributed by atoms with van der Waals surface area (Å²) in [5, 5.41) is 11.4. The molecule has 0 spiro atoms. The maximum absolute atomic E-state index is 12.0. The fourth-order valence-electron chi connectivity index (χ4n) is 1.72. The molecule has 94 valence electrons. The molecule has 0 aliphatic carbocycles. The highest BCUT2D eigenvalue weighted by atomic mass is 16.1. The Morgan fingerprint density at radius 3 is 2.47 bits per heavy atom. The van der Waals surface area contributed by atoms with E-state index in [1.807, 2.05) is 19.1 Å². The number of carbonyl (C=O) groups is 1. The molecule has 3 N–H and O–H groups in total. The molecule has 0 saturated carbocycles. The van der Waals surface area contributed by atoms with Gasteiger partial charge in [0.05, 0.1) is 17.2 Å². The SMILES string of the molecule is Cc1ccc(C(=O)Nc2ccc(C#N)cc2)c(N)c1. The van der Waals surface area contributed by atoms with Crippen LogP contribution < -0.4 is 11.1 Å². The van der Waals surface area contributed by atoms with Gasteiger partial charge in [-0.2, -0.15) is 5.26 Å². The first-order chi connectivity index (χ1) is 9.10. The standard InChI is InChI=1S/C15H13N3O/c1-10-2-7-13(14(17)8-10)15(19)18-12-5-3-11(9-16)4-6-12/h2-8H,17H2,1H3,(H,18,19). The summed E-state index contributed by atoms with van der Waals surface area (Å²) < 4.78 is 0. The Balaban J connectivity index is 2.18. The van der Waals surface area contributed by atoms with E-state index in [2.05, 4.69) is 5.32 Å². The van der Waals surface area contributed by atoms with E-state index in [9.17, 15) is 4.79 Å². The first kappa shape index (κ1) is 12.7. The molecule has 19 heavy (non-hydrogen) atoms. The van der Waals surface area contributed by atoms with Gasteiger partial charge in [-0.05, 0) is 48.9 Å². The average Bonchev–Trinajstić information content (AvgIpc) is 2.39. The van der Waals surface area contributed by atoms with Crippen molar-refractivity contribution in [1.82, 2.24) is 0 Å². The van der Waals surface area contributed by atoms with Crippen LogP contribution in [0.25, 0.3) is 0 Å². The Labute approximate surface area is 111 Å². The number of carbonyl (C=O) groups excluding carboxylic acids is 1. The lowest BCUT2D eigenvalue weighted by Gasteiger charge is -2.08. The van der Waals surface area contributed by atoms with Crippen LogP contribution >= 0.6 is 0 Å². The van der Waals surface area contributed by atoms with E-state index < -0.39 is 0 Å². The van der Waals surface area contributed by atoms with Gasteiger partial charge in [-0.3, -0.25) is 4.79 Å². The lowest BCUT2D eigenvalue weighted by Crippen LogP contribution is -2.14. The number of nitrogens with zero attached hydrogens (tertiary/aromatic N) is 1. The topological polar surface area (TPSA) is 78.9 Å². The summed E-state index contributed by atoms with van der Waals surface area (Å²) in [6, 6.07) is 14.0. The Morgan fingerprint density at radius 1 is 1.21 bits per heavy atom. The van der Waals surface area contributed by atoms with E-state index in [0.717, 1.165) is 5.56 Å². The molecule has 2 aromatic rings. The monoisotopic (exact) mass is 251 g/mol. The fraction of sp³-hybridized carbons (Fsp3) is 0.0667. The van der Waals surface area contributed by atoms with Gasteiger partial charge in [0.25, 0.3) is 5.91 Å². The zero-order chi connectivity index (χ0) is 13.8. The van der Waals surface area contributed by atoms with Crippen molar-refractivity contribution in [1.29, 1.82) is 5.26 Å². The summed E-state index contributed by atoms with van der Waals surface area (Å²) in [6.07, 6.45) is 0. The van der Waals surface area contributed by atoms with Crippen molar-refractivity contribution in [2.45, 2.75) is 6.92 Å². The van der Waals surface area contributed by atoms with Crippen molar-refractivity contribution in [3.8, 4) is 6.07 Å². The summed E-state index contributed by atoms with van der Waals surface area (Å²) in [7, 11) is 0. The number of nitrogen functional groups attached to an aromatic ring is 1. The number of amides is 1. The molecule has 0 aliphatic heterocycles. The number of anilines is 2. The maximum Gasteiger partial charge on any atom is 0.257 e. The predicted octanol–water partition coefficient (Wildman–Crippen LogP) is 2.70. The molecule has 2 aromatic carbocycles. The second-order valence-electron chi connectivity index (χ2n) is 4.23. The molecule has 0 bridgehead atoms. The Kier molecular flexibility index (Phi) is 3.48. The zero-order valence-electron chi connectivity index (χ0n) is 10.5. The van der Waals surface area contributed by atoms with Crippen LogP contribution in [0.15, 0.2) is 42.5 Å². The Bertz CT molecular complexity index is 654. The fourth-order valence-corrected chi connectivity index (χ4v) is 1.72. The van der Waals surface area contributed by atoms with Gasteiger partial charge in [0.2, 0.25) is 0 Å². The number of nitrogens with two attached hydrogens (primary N) is 1. The van der Waals surface area contributed by atoms with Gasteiger partial charge in [-0.1, -0.05) is 6.07 Å². The molecule has 2 rings (SSSR count). The van der Waals surface area contributed by atoms with E-state index in [1.165, 1.54) is 0 Å². The van der Waals surface area contributed by atoms with Crippen molar-refractivity contribution >= 4 is 17.3 Å². The first-order valence-corrected chi connectivity index (χ1v) is 5.78. The lowest BCUT2D eigenvalue weighted by atomic mass is 10.1. The van der Waals surface area contributed by atoms with Crippen molar-refractivity contribution in [2.24, 2.45) is 0 Å². The number of aryl methyl sites for hydroxylation is 1. The van der Waals surface area contributed by atoms with Crippen LogP contribution in [-0.2, 0) is 0 Å². The molecule has 4 heteroatoms. The van der Waals surface area contributed by atoms with Crippen LogP contribution in [0, 0.1) is 18.3 Å². The summed E-state index contributed by atoms with van der Waals surface area (Å²) in [4.78, 5) is 12.0. The molecule has 1 amide bonds. The molecular weight excluding hydrogens is 238 g/mol. The highest BCUT2D eigenvalue weighted by Gasteiger charge is 2.09. The molecule has 0 aromatic heterocycles. The molecule has 0 heterocycles. The maximum atomic E-state index is 12.0. The van der Waals surface area contributed by atoms with Gasteiger partial charge in [0.15, 0.2) is 0 Å². The van der Waals surface area contributed by atoms with Gasteiger partial charge < -0.3 is 11.1 Å². The van der Waals surface area contributed by atoms with E-state index in [-0.39, 0.29) is 5.91 Å². The lowest BCUT2D eigenvalue weighted by molar-refractivity contribution is 0.102. The molecule has 0 aliphatic rings. The Morgan fingerprint density at radius 2 is 1.89 bits per heavy atom. The smallest absolute Gasteiger partial charge is 0.257 e. The van der Waals surface area contributed by atoms with Crippen molar-refractivity contribution < 1.29 is 4.79 Å². The van der Waals surface area contributed by atoms with Crippen LogP contribution in [0.4, 0.5) is 11.4 Å². The molecule has 0 radical (unpaired) electrons. The number of rotatable bonds is 2.